The Bertz CT molecular complexity index is 951. The van der Waals surface area contributed by atoms with E-state index in [4.69, 9.17) is 4.52 Å². The Balaban J connectivity index is 1.88. The molecule has 1 aliphatic rings. The average molecular weight is 381 g/mol. The van der Waals surface area contributed by atoms with Crippen LogP contribution in [0, 0.1) is 13.8 Å². The summed E-state index contributed by atoms with van der Waals surface area (Å²) in [6.07, 6.45) is 0.734. The summed E-state index contributed by atoms with van der Waals surface area (Å²) in [4.78, 5) is 2.49. The van der Waals surface area contributed by atoms with Crippen LogP contribution < -0.4 is 0 Å². The van der Waals surface area contributed by atoms with E-state index in [9.17, 15) is 8.42 Å². The van der Waals surface area contributed by atoms with Gasteiger partial charge in [-0.15, -0.1) is 22.7 Å². The highest BCUT2D eigenvalue weighted by Crippen LogP contribution is 2.42. The van der Waals surface area contributed by atoms with Gasteiger partial charge in [-0.05, 0) is 48.7 Å². The van der Waals surface area contributed by atoms with Crippen molar-refractivity contribution in [2.24, 2.45) is 0 Å². The first-order valence-electron chi connectivity index (χ1n) is 7.54. The molecule has 1 aliphatic heterocycles. The molecule has 4 heterocycles. The number of hydrogen-bond acceptors (Lipinski definition) is 6. The number of aryl methyl sites for hydroxylation is 2. The van der Waals surface area contributed by atoms with Crippen molar-refractivity contribution in [3.05, 3.63) is 55.7 Å². The van der Waals surface area contributed by atoms with Crippen LogP contribution in [-0.4, -0.2) is 24.4 Å². The van der Waals surface area contributed by atoms with Crippen molar-refractivity contribution in [3.8, 4) is 0 Å². The molecule has 0 N–H and O–H groups in total. The van der Waals surface area contributed by atoms with Crippen LogP contribution in [0.4, 0.5) is 0 Å². The van der Waals surface area contributed by atoms with Gasteiger partial charge in [-0.25, -0.2) is 8.42 Å². The lowest BCUT2D eigenvalue weighted by molar-refractivity contribution is 0.348. The quantitative estimate of drug-likeness (QED) is 0.694. The minimum Gasteiger partial charge on any atom is -0.360 e. The molecule has 8 heteroatoms. The van der Waals surface area contributed by atoms with Crippen LogP contribution in [0.5, 0.6) is 0 Å². The van der Waals surface area contributed by atoms with Gasteiger partial charge in [0.05, 0.1) is 6.04 Å². The van der Waals surface area contributed by atoms with Crippen molar-refractivity contribution in [2.75, 3.05) is 6.54 Å². The zero-order chi connectivity index (χ0) is 16.9. The predicted molar refractivity (Wildman–Crippen MR) is 94.1 cm³/mol. The van der Waals surface area contributed by atoms with Crippen LogP contribution in [0.2, 0.25) is 0 Å². The maximum atomic E-state index is 13.4. The topological polar surface area (TPSA) is 63.4 Å². The fraction of sp³-hybridized carbons (Fsp3) is 0.312. The molecule has 0 fully saturated rings. The number of fused-ring (bicyclic) bond motifs is 1. The van der Waals surface area contributed by atoms with E-state index >= 15 is 0 Å². The zero-order valence-electron chi connectivity index (χ0n) is 13.2. The molecular weight excluding hydrogens is 364 g/mol. The van der Waals surface area contributed by atoms with Crippen molar-refractivity contribution in [3.63, 3.8) is 0 Å². The van der Waals surface area contributed by atoms with Gasteiger partial charge in [0.25, 0.3) is 0 Å². The van der Waals surface area contributed by atoms with Gasteiger partial charge in [-0.3, -0.25) is 0 Å². The average Bonchev–Trinajstić information content (AvgIpc) is 3.26. The molecule has 0 saturated carbocycles. The lowest BCUT2D eigenvalue weighted by Gasteiger charge is -2.34. The first-order chi connectivity index (χ1) is 11.5. The fourth-order valence-corrected chi connectivity index (χ4v) is 6.96. The van der Waals surface area contributed by atoms with Crippen LogP contribution in [0.25, 0.3) is 0 Å². The highest BCUT2D eigenvalue weighted by molar-refractivity contribution is 7.89. The second-order valence-electron chi connectivity index (χ2n) is 5.74. The number of nitrogens with zero attached hydrogens (tertiary/aromatic N) is 2. The van der Waals surface area contributed by atoms with E-state index in [-0.39, 0.29) is 10.9 Å². The number of rotatable bonds is 3. The Kier molecular flexibility index (Phi) is 3.87. The summed E-state index contributed by atoms with van der Waals surface area (Å²) in [5, 5.41) is 7.85. The number of hydrogen-bond donors (Lipinski definition) is 0. The minimum atomic E-state index is -3.69. The van der Waals surface area contributed by atoms with Gasteiger partial charge in [0, 0.05) is 16.3 Å². The highest BCUT2D eigenvalue weighted by Gasteiger charge is 2.40. The van der Waals surface area contributed by atoms with Crippen molar-refractivity contribution in [2.45, 2.75) is 31.2 Å². The van der Waals surface area contributed by atoms with Gasteiger partial charge < -0.3 is 4.52 Å². The van der Waals surface area contributed by atoms with Crippen LogP contribution in [0.15, 0.2) is 38.4 Å². The molecule has 24 heavy (non-hydrogen) atoms. The molecule has 1 atom stereocenters. The number of thiophene rings is 2. The number of aromatic nitrogens is 1. The van der Waals surface area contributed by atoms with Crippen molar-refractivity contribution < 1.29 is 12.9 Å². The predicted octanol–water partition coefficient (Wildman–Crippen LogP) is 3.75. The van der Waals surface area contributed by atoms with Crippen molar-refractivity contribution in [1.82, 2.24) is 9.46 Å². The molecule has 0 saturated heterocycles. The Hall–Kier alpha value is -1.48. The fourth-order valence-electron chi connectivity index (χ4n) is 3.25. The normalized spacial score (nSPS) is 18.7. The third kappa shape index (κ3) is 2.36. The standard InChI is InChI=1S/C16H16N2O3S3/c1-10-16(11(2)21-17-10)24(19,20)18-7-5-13-12(6-9-23-13)15(18)14-4-3-8-22-14/h3-4,6,8-9,15H,5,7H2,1-2H3/t15-/m1/s1. The molecule has 0 bridgehead atoms. The largest absolute Gasteiger partial charge is 0.360 e. The van der Waals surface area contributed by atoms with E-state index in [0.29, 0.717) is 18.0 Å². The molecule has 0 aliphatic carbocycles. The lowest BCUT2D eigenvalue weighted by atomic mass is 10.0. The molecular formula is C16H16N2O3S3. The summed E-state index contributed by atoms with van der Waals surface area (Å²) in [7, 11) is -3.69. The summed E-state index contributed by atoms with van der Waals surface area (Å²) >= 11 is 3.28. The lowest BCUT2D eigenvalue weighted by Crippen LogP contribution is -2.40. The van der Waals surface area contributed by atoms with E-state index in [0.717, 1.165) is 16.9 Å². The van der Waals surface area contributed by atoms with E-state index in [1.54, 1.807) is 40.8 Å². The zero-order valence-corrected chi connectivity index (χ0v) is 15.7. The second-order valence-corrected chi connectivity index (χ2v) is 9.54. The first-order valence-corrected chi connectivity index (χ1v) is 10.7. The molecule has 0 aromatic carbocycles. The minimum absolute atomic E-state index is 0.197. The Morgan fingerprint density at radius 1 is 1.25 bits per heavy atom. The van der Waals surface area contributed by atoms with Gasteiger partial charge in [-0.2, -0.15) is 4.31 Å². The maximum Gasteiger partial charge on any atom is 0.249 e. The van der Waals surface area contributed by atoms with E-state index < -0.39 is 10.0 Å². The van der Waals surface area contributed by atoms with Gasteiger partial charge >= 0.3 is 0 Å². The van der Waals surface area contributed by atoms with E-state index in [2.05, 4.69) is 5.16 Å². The SMILES string of the molecule is Cc1noc(C)c1S(=O)(=O)N1CCc2sccc2[C@@H]1c1cccs1. The Morgan fingerprint density at radius 2 is 2.08 bits per heavy atom. The first kappa shape index (κ1) is 16.0. The molecule has 0 amide bonds. The van der Waals surface area contributed by atoms with Gasteiger partial charge in [0.1, 0.15) is 10.6 Å². The van der Waals surface area contributed by atoms with E-state index in [1.807, 2.05) is 29.0 Å². The van der Waals surface area contributed by atoms with E-state index in [1.165, 1.54) is 4.88 Å². The summed E-state index contributed by atoms with van der Waals surface area (Å²) in [6.45, 7) is 3.78. The Labute approximate surface area is 148 Å². The molecule has 0 radical (unpaired) electrons. The van der Waals surface area contributed by atoms with Gasteiger partial charge in [-0.1, -0.05) is 11.2 Å². The van der Waals surface area contributed by atoms with Crippen LogP contribution in [0.1, 0.15) is 32.8 Å². The summed E-state index contributed by atoms with van der Waals surface area (Å²) in [5.74, 6) is 0.341. The Morgan fingerprint density at radius 3 is 2.75 bits per heavy atom. The molecule has 3 aromatic heterocycles. The molecule has 3 aromatic rings. The molecule has 126 valence electrons. The summed E-state index contributed by atoms with van der Waals surface area (Å²) in [6, 6.07) is 5.72. The second kappa shape index (κ2) is 5.80. The van der Waals surface area contributed by atoms with Crippen molar-refractivity contribution >= 4 is 32.7 Å². The number of sulfonamides is 1. The molecule has 5 nitrogen and oxygen atoms in total. The van der Waals surface area contributed by atoms with Crippen molar-refractivity contribution in [1.29, 1.82) is 0 Å². The monoisotopic (exact) mass is 380 g/mol. The van der Waals surface area contributed by atoms with Gasteiger partial charge in [0.15, 0.2) is 5.76 Å². The smallest absolute Gasteiger partial charge is 0.249 e. The van der Waals surface area contributed by atoms with Gasteiger partial charge in [0.2, 0.25) is 10.0 Å². The molecule has 4 rings (SSSR count). The summed E-state index contributed by atoms with van der Waals surface area (Å²) in [5.41, 5.74) is 1.50. The highest BCUT2D eigenvalue weighted by atomic mass is 32.2. The third-order valence-electron chi connectivity index (χ3n) is 4.27. The maximum absolute atomic E-state index is 13.4. The molecule has 0 unspecified atom stereocenters. The van der Waals surface area contributed by atoms with Crippen LogP contribution in [0.3, 0.4) is 0 Å². The third-order valence-corrected chi connectivity index (χ3v) is 8.30. The van der Waals surface area contributed by atoms with Crippen LogP contribution >= 0.6 is 22.7 Å². The molecule has 0 spiro atoms. The summed E-state index contributed by atoms with van der Waals surface area (Å²) < 4.78 is 33.4. The van der Waals surface area contributed by atoms with Crippen LogP contribution in [-0.2, 0) is 16.4 Å².